The van der Waals surface area contributed by atoms with Crippen molar-refractivity contribution in [1.82, 2.24) is 0 Å². The Bertz CT molecular complexity index is 787. The molecule has 6 heteroatoms. The minimum atomic E-state index is -0.431. The Morgan fingerprint density at radius 2 is 1.69 bits per heavy atom. The van der Waals surface area contributed by atoms with Crippen molar-refractivity contribution in [3.8, 4) is 0 Å². The number of esters is 3. The van der Waals surface area contributed by atoms with E-state index in [1.165, 1.54) is 32.8 Å². The minimum absolute atomic E-state index is 0.0844. The molecular formula is C26H40O6. The van der Waals surface area contributed by atoms with E-state index in [4.69, 9.17) is 14.2 Å². The molecule has 0 spiro atoms. The number of carbonyl (C=O) groups is 3. The lowest BCUT2D eigenvalue weighted by atomic mass is 9.46. The molecule has 0 bridgehead atoms. The molecule has 32 heavy (non-hydrogen) atoms. The standard InChI is InChI=1S/C26H40O6/c1-17(27)30-15-23(32-19(3)29)24(4)12-13-26(6)20(14-24)9-10-21-22(26)8-7-11-25(21,5)16-31-18(2)28/h10,20,22-23H,7-9,11-16H2,1-6H3. The summed E-state index contributed by atoms with van der Waals surface area (Å²) in [5.41, 5.74) is 1.33. The Hall–Kier alpha value is -1.85. The summed E-state index contributed by atoms with van der Waals surface area (Å²) in [6, 6.07) is 0. The van der Waals surface area contributed by atoms with Crippen LogP contribution in [0.15, 0.2) is 11.6 Å². The first-order chi connectivity index (χ1) is 14.9. The van der Waals surface area contributed by atoms with Gasteiger partial charge in [-0.3, -0.25) is 14.4 Å². The van der Waals surface area contributed by atoms with Gasteiger partial charge >= 0.3 is 17.9 Å². The third-order valence-electron chi connectivity index (χ3n) is 8.71. The van der Waals surface area contributed by atoms with Gasteiger partial charge in [0.25, 0.3) is 0 Å². The van der Waals surface area contributed by atoms with Gasteiger partial charge in [-0.05, 0) is 55.8 Å². The zero-order chi connectivity index (χ0) is 23.7. The van der Waals surface area contributed by atoms with Crippen LogP contribution in [-0.2, 0) is 28.6 Å². The molecule has 2 saturated carbocycles. The molecule has 0 aromatic rings. The highest BCUT2D eigenvalue weighted by Gasteiger charge is 2.56. The van der Waals surface area contributed by atoms with E-state index < -0.39 is 6.10 Å². The van der Waals surface area contributed by atoms with Crippen LogP contribution in [0, 0.1) is 28.1 Å². The van der Waals surface area contributed by atoms with Crippen LogP contribution in [0.25, 0.3) is 0 Å². The van der Waals surface area contributed by atoms with Crippen molar-refractivity contribution >= 4 is 17.9 Å². The van der Waals surface area contributed by atoms with Crippen LogP contribution in [0.1, 0.15) is 86.5 Å². The zero-order valence-corrected chi connectivity index (χ0v) is 20.6. The van der Waals surface area contributed by atoms with Gasteiger partial charge in [-0.15, -0.1) is 0 Å². The summed E-state index contributed by atoms with van der Waals surface area (Å²) in [5.74, 6) is 0.0516. The smallest absolute Gasteiger partial charge is 0.303 e. The van der Waals surface area contributed by atoms with E-state index in [-0.39, 0.29) is 40.8 Å². The molecule has 0 N–H and O–H groups in total. The fourth-order valence-electron chi connectivity index (χ4n) is 6.71. The Labute approximate surface area is 192 Å². The van der Waals surface area contributed by atoms with Gasteiger partial charge in [0.1, 0.15) is 19.3 Å². The Morgan fingerprint density at radius 3 is 2.31 bits per heavy atom. The molecule has 6 atom stereocenters. The summed E-state index contributed by atoms with van der Waals surface area (Å²) in [7, 11) is 0. The van der Waals surface area contributed by atoms with E-state index in [0.29, 0.717) is 18.4 Å². The fraction of sp³-hybridized carbons (Fsp3) is 0.808. The van der Waals surface area contributed by atoms with Gasteiger partial charge < -0.3 is 14.2 Å². The van der Waals surface area contributed by atoms with Crippen LogP contribution in [0.3, 0.4) is 0 Å². The molecule has 0 aromatic heterocycles. The van der Waals surface area contributed by atoms with Crippen molar-refractivity contribution in [3.63, 3.8) is 0 Å². The monoisotopic (exact) mass is 448 g/mol. The molecule has 0 aromatic carbocycles. The topological polar surface area (TPSA) is 78.9 Å². The zero-order valence-electron chi connectivity index (χ0n) is 20.6. The highest BCUT2D eigenvalue weighted by atomic mass is 16.6. The molecule has 0 heterocycles. The average molecular weight is 449 g/mol. The van der Waals surface area contributed by atoms with Gasteiger partial charge in [-0.25, -0.2) is 0 Å². The first kappa shape index (κ1) is 24.8. The van der Waals surface area contributed by atoms with Gasteiger partial charge in [0.15, 0.2) is 0 Å². The van der Waals surface area contributed by atoms with Gasteiger partial charge in [-0.1, -0.05) is 38.8 Å². The number of allylic oxidation sites excluding steroid dienone is 1. The lowest BCUT2D eigenvalue weighted by Gasteiger charge is -2.59. The van der Waals surface area contributed by atoms with Crippen LogP contribution in [0.2, 0.25) is 0 Å². The number of hydrogen-bond donors (Lipinski definition) is 0. The number of carbonyl (C=O) groups excluding carboxylic acids is 3. The SMILES string of the molecule is CC(=O)OCC(OC(C)=O)C1(C)CCC2(C)C(CC=C3C2CCCC3(C)COC(C)=O)C1. The maximum Gasteiger partial charge on any atom is 0.303 e. The van der Waals surface area contributed by atoms with Crippen LogP contribution in [0.5, 0.6) is 0 Å². The molecule has 0 radical (unpaired) electrons. The highest BCUT2D eigenvalue weighted by Crippen LogP contribution is 2.63. The molecule has 2 fully saturated rings. The van der Waals surface area contributed by atoms with Crippen molar-refractivity contribution in [3.05, 3.63) is 11.6 Å². The van der Waals surface area contributed by atoms with Gasteiger partial charge in [0.05, 0.1) is 0 Å². The maximum atomic E-state index is 11.8. The maximum absolute atomic E-state index is 11.8. The van der Waals surface area contributed by atoms with Crippen molar-refractivity contribution in [2.45, 2.75) is 92.6 Å². The third kappa shape index (κ3) is 4.89. The predicted molar refractivity (Wildman–Crippen MR) is 121 cm³/mol. The van der Waals surface area contributed by atoms with Crippen LogP contribution in [0.4, 0.5) is 0 Å². The van der Waals surface area contributed by atoms with Crippen molar-refractivity contribution < 1.29 is 28.6 Å². The Kier molecular flexibility index (Phi) is 7.11. The summed E-state index contributed by atoms with van der Waals surface area (Å²) in [6.07, 6.45) is 9.22. The van der Waals surface area contributed by atoms with E-state index in [9.17, 15) is 14.4 Å². The molecule has 180 valence electrons. The van der Waals surface area contributed by atoms with Gasteiger partial charge in [0.2, 0.25) is 0 Å². The second-order valence-corrected chi connectivity index (χ2v) is 11.1. The van der Waals surface area contributed by atoms with Crippen molar-refractivity contribution in [2.24, 2.45) is 28.1 Å². The summed E-state index contributed by atoms with van der Waals surface area (Å²) in [4.78, 5) is 34.7. The van der Waals surface area contributed by atoms with Gasteiger partial charge in [0, 0.05) is 31.6 Å². The lowest BCUT2D eigenvalue weighted by molar-refractivity contribution is -0.172. The second-order valence-electron chi connectivity index (χ2n) is 11.1. The number of hydrogen-bond acceptors (Lipinski definition) is 6. The number of ether oxygens (including phenoxy) is 3. The Balaban J connectivity index is 1.83. The van der Waals surface area contributed by atoms with E-state index >= 15 is 0 Å². The summed E-state index contributed by atoms with van der Waals surface area (Å²) >= 11 is 0. The largest absolute Gasteiger partial charge is 0.465 e. The molecule has 6 unspecified atom stereocenters. The normalized spacial score (nSPS) is 37.2. The summed E-state index contributed by atoms with van der Waals surface area (Å²) < 4.78 is 16.4. The highest BCUT2D eigenvalue weighted by molar-refractivity contribution is 5.67. The quantitative estimate of drug-likeness (QED) is 0.323. The fourth-order valence-corrected chi connectivity index (χ4v) is 6.71. The molecule has 6 nitrogen and oxygen atoms in total. The number of rotatable bonds is 6. The summed E-state index contributed by atoms with van der Waals surface area (Å²) in [6.45, 7) is 11.7. The predicted octanol–water partition coefficient (Wildman–Crippen LogP) is 4.99. The van der Waals surface area contributed by atoms with E-state index in [2.05, 4.69) is 26.8 Å². The molecule has 0 saturated heterocycles. The van der Waals surface area contributed by atoms with Crippen molar-refractivity contribution in [2.75, 3.05) is 13.2 Å². The second kappa shape index (κ2) is 9.18. The van der Waals surface area contributed by atoms with E-state index in [0.717, 1.165) is 38.5 Å². The number of fused-ring (bicyclic) bond motifs is 3. The first-order valence-electron chi connectivity index (χ1n) is 12.0. The van der Waals surface area contributed by atoms with E-state index in [1.54, 1.807) is 0 Å². The average Bonchev–Trinajstić information content (AvgIpc) is 2.70. The first-order valence-corrected chi connectivity index (χ1v) is 12.0. The summed E-state index contributed by atoms with van der Waals surface area (Å²) in [5, 5.41) is 0. The molecule has 3 aliphatic rings. The molecular weight excluding hydrogens is 408 g/mol. The van der Waals surface area contributed by atoms with Crippen LogP contribution < -0.4 is 0 Å². The molecule has 3 rings (SSSR count). The lowest BCUT2D eigenvalue weighted by Crippen LogP contribution is -2.53. The van der Waals surface area contributed by atoms with Crippen LogP contribution >= 0.6 is 0 Å². The van der Waals surface area contributed by atoms with Crippen molar-refractivity contribution in [1.29, 1.82) is 0 Å². The van der Waals surface area contributed by atoms with E-state index in [1.807, 2.05) is 0 Å². The molecule has 0 amide bonds. The third-order valence-corrected chi connectivity index (χ3v) is 8.71. The van der Waals surface area contributed by atoms with Gasteiger partial charge in [-0.2, -0.15) is 0 Å². The minimum Gasteiger partial charge on any atom is -0.465 e. The molecule has 3 aliphatic carbocycles. The van der Waals surface area contributed by atoms with Crippen LogP contribution in [-0.4, -0.2) is 37.2 Å². The Morgan fingerprint density at radius 1 is 1.00 bits per heavy atom. The molecule has 0 aliphatic heterocycles.